The number of likely N-dealkylation sites (N-methyl/N-ethyl adjacent to an activating group) is 1. The Morgan fingerprint density at radius 1 is 1.33 bits per heavy atom. The summed E-state index contributed by atoms with van der Waals surface area (Å²) in [4.78, 5) is 0. The molecule has 2 rings (SSSR count). The van der Waals surface area contributed by atoms with E-state index in [1.807, 2.05) is 18.8 Å². The van der Waals surface area contributed by atoms with Crippen LogP contribution in [0.25, 0.3) is 10.9 Å². The third-order valence-electron chi connectivity index (χ3n) is 3.95. The van der Waals surface area contributed by atoms with Gasteiger partial charge in [-0.1, -0.05) is 38.5 Å². The molecule has 0 aliphatic carbocycles. The summed E-state index contributed by atoms with van der Waals surface area (Å²) in [5.41, 5.74) is 2.42. The second-order valence-electron chi connectivity index (χ2n) is 5.07. The molecule has 0 saturated heterocycles. The average Bonchev–Trinajstić information content (AvgIpc) is 2.72. The predicted molar refractivity (Wildman–Crippen MR) is 76.7 cm³/mol. The van der Waals surface area contributed by atoms with E-state index in [9.17, 15) is 0 Å². The lowest BCUT2D eigenvalue weighted by Gasteiger charge is -2.21. The van der Waals surface area contributed by atoms with Crippen LogP contribution in [0.5, 0.6) is 0 Å². The molecule has 0 amide bonds. The largest absolute Gasteiger partial charge is 0.316 e. The van der Waals surface area contributed by atoms with Crippen molar-refractivity contribution in [1.29, 1.82) is 0 Å². The molecule has 0 aliphatic heterocycles. The summed E-state index contributed by atoms with van der Waals surface area (Å²) in [5.74, 6) is 0.663. The SMILES string of the molecule is CCC(C)C(Cc1nn(C)c2ccccc12)NC. The molecule has 0 spiro atoms. The third kappa shape index (κ3) is 2.41. The first-order valence-corrected chi connectivity index (χ1v) is 6.75. The fourth-order valence-electron chi connectivity index (χ4n) is 2.52. The summed E-state index contributed by atoms with van der Waals surface area (Å²) >= 11 is 0. The van der Waals surface area contributed by atoms with Crippen molar-refractivity contribution in [2.45, 2.75) is 32.7 Å². The Labute approximate surface area is 109 Å². The lowest BCUT2D eigenvalue weighted by atomic mass is 9.94. The first kappa shape index (κ1) is 13.1. The molecule has 0 bridgehead atoms. The molecule has 1 N–H and O–H groups in total. The van der Waals surface area contributed by atoms with Crippen LogP contribution < -0.4 is 5.32 Å². The Balaban J connectivity index is 2.31. The average molecular weight is 245 g/mol. The molecule has 98 valence electrons. The summed E-state index contributed by atoms with van der Waals surface area (Å²) in [5, 5.41) is 9.38. The van der Waals surface area contributed by atoms with Crippen molar-refractivity contribution in [2.24, 2.45) is 13.0 Å². The van der Waals surface area contributed by atoms with Gasteiger partial charge < -0.3 is 5.32 Å². The first-order valence-electron chi connectivity index (χ1n) is 6.75. The van der Waals surface area contributed by atoms with Crippen LogP contribution in [0.3, 0.4) is 0 Å². The second-order valence-corrected chi connectivity index (χ2v) is 5.07. The standard InChI is InChI=1S/C15H23N3/c1-5-11(2)13(16-3)10-14-12-8-6-7-9-15(12)18(4)17-14/h6-9,11,13,16H,5,10H2,1-4H3. The molecule has 1 aromatic carbocycles. The zero-order valence-electron chi connectivity index (χ0n) is 11.8. The molecular weight excluding hydrogens is 222 g/mol. The molecule has 0 radical (unpaired) electrons. The van der Waals surface area contributed by atoms with E-state index in [4.69, 9.17) is 0 Å². The Bertz CT molecular complexity index is 515. The molecule has 3 heteroatoms. The van der Waals surface area contributed by atoms with Gasteiger partial charge in [0.1, 0.15) is 0 Å². The number of para-hydroxylation sites is 1. The highest BCUT2D eigenvalue weighted by molar-refractivity contribution is 5.81. The van der Waals surface area contributed by atoms with Gasteiger partial charge in [0, 0.05) is 24.9 Å². The minimum absolute atomic E-state index is 0.494. The number of fused-ring (bicyclic) bond motifs is 1. The molecule has 2 unspecified atom stereocenters. The van der Waals surface area contributed by atoms with Gasteiger partial charge in [-0.15, -0.1) is 0 Å². The molecule has 0 fully saturated rings. The smallest absolute Gasteiger partial charge is 0.0718 e. The fraction of sp³-hybridized carbons (Fsp3) is 0.533. The third-order valence-corrected chi connectivity index (χ3v) is 3.95. The van der Waals surface area contributed by atoms with Gasteiger partial charge in [-0.05, 0) is 19.0 Å². The van der Waals surface area contributed by atoms with Crippen molar-refractivity contribution < 1.29 is 0 Å². The van der Waals surface area contributed by atoms with Crippen molar-refractivity contribution in [3.05, 3.63) is 30.0 Å². The van der Waals surface area contributed by atoms with E-state index in [-0.39, 0.29) is 0 Å². The lowest BCUT2D eigenvalue weighted by Crippen LogP contribution is -2.34. The topological polar surface area (TPSA) is 29.9 Å². The molecule has 0 saturated carbocycles. The van der Waals surface area contributed by atoms with Gasteiger partial charge in [0.25, 0.3) is 0 Å². The van der Waals surface area contributed by atoms with Crippen molar-refractivity contribution in [3.8, 4) is 0 Å². The summed E-state index contributed by atoms with van der Waals surface area (Å²) < 4.78 is 1.98. The Kier molecular flexibility index (Phi) is 4.02. The van der Waals surface area contributed by atoms with E-state index < -0.39 is 0 Å². The van der Waals surface area contributed by atoms with E-state index in [1.165, 1.54) is 23.0 Å². The van der Waals surface area contributed by atoms with Crippen LogP contribution in [0, 0.1) is 5.92 Å². The van der Waals surface area contributed by atoms with Crippen LogP contribution >= 0.6 is 0 Å². The van der Waals surface area contributed by atoms with Crippen LogP contribution in [0.15, 0.2) is 24.3 Å². The van der Waals surface area contributed by atoms with E-state index in [0.717, 1.165) is 6.42 Å². The van der Waals surface area contributed by atoms with Crippen molar-refractivity contribution >= 4 is 10.9 Å². The Hall–Kier alpha value is -1.35. The highest BCUT2D eigenvalue weighted by Gasteiger charge is 2.17. The minimum Gasteiger partial charge on any atom is -0.316 e. The van der Waals surface area contributed by atoms with Gasteiger partial charge >= 0.3 is 0 Å². The van der Waals surface area contributed by atoms with E-state index >= 15 is 0 Å². The number of nitrogens with one attached hydrogen (secondary N) is 1. The maximum atomic E-state index is 4.67. The molecule has 2 atom stereocenters. The molecule has 18 heavy (non-hydrogen) atoms. The number of aromatic nitrogens is 2. The molecule has 3 nitrogen and oxygen atoms in total. The number of nitrogens with zero attached hydrogens (tertiary/aromatic N) is 2. The Morgan fingerprint density at radius 3 is 2.72 bits per heavy atom. The zero-order valence-corrected chi connectivity index (χ0v) is 11.8. The second kappa shape index (κ2) is 5.53. The molecule has 1 aromatic heterocycles. The van der Waals surface area contributed by atoms with E-state index in [2.05, 4.69) is 48.5 Å². The number of benzene rings is 1. The monoisotopic (exact) mass is 245 g/mol. The van der Waals surface area contributed by atoms with Crippen molar-refractivity contribution in [2.75, 3.05) is 7.05 Å². The molecule has 1 heterocycles. The summed E-state index contributed by atoms with van der Waals surface area (Å²) in [7, 11) is 4.06. The van der Waals surface area contributed by atoms with Gasteiger partial charge in [0.05, 0.1) is 11.2 Å². The highest BCUT2D eigenvalue weighted by atomic mass is 15.3. The van der Waals surface area contributed by atoms with Gasteiger partial charge in [0.2, 0.25) is 0 Å². The lowest BCUT2D eigenvalue weighted by molar-refractivity contribution is 0.384. The van der Waals surface area contributed by atoms with Gasteiger partial charge in [-0.3, -0.25) is 4.68 Å². The number of rotatable bonds is 5. The maximum Gasteiger partial charge on any atom is 0.0718 e. The van der Waals surface area contributed by atoms with Crippen molar-refractivity contribution in [1.82, 2.24) is 15.1 Å². The zero-order chi connectivity index (χ0) is 13.1. The van der Waals surface area contributed by atoms with Gasteiger partial charge in [0.15, 0.2) is 0 Å². The normalized spacial score (nSPS) is 14.9. The fourth-order valence-corrected chi connectivity index (χ4v) is 2.52. The first-order chi connectivity index (χ1) is 8.67. The van der Waals surface area contributed by atoms with Crippen molar-refractivity contribution in [3.63, 3.8) is 0 Å². The predicted octanol–water partition coefficient (Wildman–Crippen LogP) is 2.75. The van der Waals surface area contributed by atoms with E-state index in [1.54, 1.807) is 0 Å². The number of hydrogen-bond acceptors (Lipinski definition) is 2. The van der Waals surface area contributed by atoms with Gasteiger partial charge in [-0.25, -0.2) is 0 Å². The number of aryl methyl sites for hydroxylation is 1. The molecular formula is C15H23N3. The summed E-state index contributed by atoms with van der Waals surface area (Å²) in [6.07, 6.45) is 2.18. The van der Waals surface area contributed by atoms with E-state index in [0.29, 0.717) is 12.0 Å². The van der Waals surface area contributed by atoms with Crippen LogP contribution in [-0.2, 0) is 13.5 Å². The quantitative estimate of drug-likeness (QED) is 0.878. The maximum absolute atomic E-state index is 4.67. The summed E-state index contributed by atoms with van der Waals surface area (Å²) in [6, 6.07) is 8.95. The van der Waals surface area contributed by atoms with Gasteiger partial charge in [-0.2, -0.15) is 5.10 Å². The van der Waals surface area contributed by atoms with Crippen LogP contribution in [0.1, 0.15) is 26.0 Å². The molecule has 0 aliphatic rings. The molecule has 2 aromatic rings. The highest BCUT2D eigenvalue weighted by Crippen LogP contribution is 2.21. The minimum atomic E-state index is 0.494. The summed E-state index contributed by atoms with van der Waals surface area (Å²) in [6.45, 7) is 4.54. The van der Waals surface area contributed by atoms with Crippen LogP contribution in [0.4, 0.5) is 0 Å². The number of hydrogen-bond donors (Lipinski definition) is 1. The Morgan fingerprint density at radius 2 is 2.06 bits per heavy atom. The van der Waals surface area contributed by atoms with Crippen LogP contribution in [0.2, 0.25) is 0 Å². The van der Waals surface area contributed by atoms with Crippen LogP contribution in [-0.4, -0.2) is 22.9 Å².